The van der Waals surface area contributed by atoms with E-state index in [0.29, 0.717) is 0 Å². The molecule has 0 aromatic carbocycles. The minimum absolute atomic E-state index is 0.0588. The maximum atomic E-state index is 12.1. The predicted octanol–water partition coefficient (Wildman–Crippen LogP) is -2.09. The van der Waals surface area contributed by atoms with Gasteiger partial charge in [0, 0.05) is 21.1 Å². The molecular weight excluding hydrogens is 268 g/mol. The Balaban J connectivity index is 3.02. The molecule has 0 amide bonds. The lowest BCUT2D eigenvalue weighted by molar-refractivity contribution is -0.141. The fraction of sp³-hybridized carbons (Fsp3) is 0.455. The van der Waals surface area contributed by atoms with E-state index in [1.54, 1.807) is 0 Å². The number of methoxy groups -OCH3 is 1. The summed E-state index contributed by atoms with van der Waals surface area (Å²) in [6.45, 7) is -0.368. The molecule has 0 spiro atoms. The van der Waals surface area contributed by atoms with Crippen molar-refractivity contribution in [3.63, 3.8) is 0 Å². The van der Waals surface area contributed by atoms with E-state index in [1.807, 2.05) is 0 Å². The van der Waals surface area contributed by atoms with Crippen LogP contribution in [-0.2, 0) is 37.2 Å². The van der Waals surface area contributed by atoms with Crippen molar-refractivity contribution in [1.82, 2.24) is 18.3 Å². The van der Waals surface area contributed by atoms with Crippen LogP contribution in [0.15, 0.2) is 14.4 Å². The molecule has 0 saturated heterocycles. The number of imidazole rings is 1. The van der Waals surface area contributed by atoms with Crippen molar-refractivity contribution in [2.75, 3.05) is 7.11 Å². The highest BCUT2D eigenvalue weighted by atomic mass is 16.5. The molecular formula is C11H14N4O5. The highest BCUT2D eigenvalue weighted by Crippen LogP contribution is 2.05. The summed E-state index contributed by atoms with van der Waals surface area (Å²) in [6, 6.07) is 0. The molecule has 0 aliphatic heterocycles. The lowest BCUT2D eigenvalue weighted by Gasteiger charge is -2.07. The Bertz CT molecular complexity index is 879. The first-order chi connectivity index (χ1) is 9.31. The lowest BCUT2D eigenvalue weighted by Crippen LogP contribution is -2.38. The summed E-state index contributed by atoms with van der Waals surface area (Å²) in [5.74, 6) is -0.646. The Morgan fingerprint density at radius 1 is 1.00 bits per heavy atom. The molecule has 9 heteroatoms. The topological polar surface area (TPSA) is 97.2 Å². The molecule has 0 N–H and O–H groups in total. The van der Waals surface area contributed by atoms with Crippen molar-refractivity contribution in [3.8, 4) is 0 Å². The Labute approximate surface area is 112 Å². The predicted molar refractivity (Wildman–Crippen MR) is 69.7 cm³/mol. The van der Waals surface area contributed by atoms with Crippen molar-refractivity contribution < 1.29 is 9.53 Å². The second-order valence-electron chi connectivity index (χ2n) is 4.38. The van der Waals surface area contributed by atoms with Crippen LogP contribution in [0.1, 0.15) is 0 Å². The van der Waals surface area contributed by atoms with Gasteiger partial charge in [-0.3, -0.25) is 27.9 Å². The monoisotopic (exact) mass is 282 g/mol. The van der Waals surface area contributed by atoms with Crippen LogP contribution in [0.4, 0.5) is 0 Å². The largest absolute Gasteiger partial charge is 0.468 e. The van der Waals surface area contributed by atoms with Crippen LogP contribution in [0.25, 0.3) is 11.2 Å². The van der Waals surface area contributed by atoms with Crippen LogP contribution in [0.3, 0.4) is 0 Å². The van der Waals surface area contributed by atoms with E-state index in [1.165, 1.54) is 28.3 Å². The number of fused-ring (bicyclic) bond motifs is 1. The Kier molecular flexibility index (Phi) is 3.12. The number of aromatic nitrogens is 4. The maximum Gasteiger partial charge on any atom is 0.332 e. The first kappa shape index (κ1) is 13.8. The smallest absolute Gasteiger partial charge is 0.332 e. The molecule has 0 saturated carbocycles. The molecule has 0 aliphatic carbocycles. The van der Waals surface area contributed by atoms with Gasteiger partial charge in [0.1, 0.15) is 6.54 Å². The van der Waals surface area contributed by atoms with Gasteiger partial charge in [-0.2, -0.15) is 0 Å². The van der Waals surface area contributed by atoms with Crippen molar-refractivity contribution in [3.05, 3.63) is 31.3 Å². The van der Waals surface area contributed by atoms with E-state index in [-0.39, 0.29) is 17.7 Å². The van der Waals surface area contributed by atoms with Crippen LogP contribution in [0.5, 0.6) is 0 Å². The summed E-state index contributed by atoms with van der Waals surface area (Å²) in [5, 5.41) is 0. The van der Waals surface area contributed by atoms with Crippen LogP contribution in [-0.4, -0.2) is 31.3 Å². The van der Waals surface area contributed by atoms with Crippen molar-refractivity contribution in [1.29, 1.82) is 0 Å². The SMILES string of the molecule is COC(=O)Cn1c(=O)n(C)c2c(=O)n(C)c(=O)n(C)c21. The number of ether oxygens (including phenoxy) is 1. The second-order valence-corrected chi connectivity index (χ2v) is 4.38. The van der Waals surface area contributed by atoms with Crippen molar-refractivity contribution in [2.45, 2.75) is 6.54 Å². The van der Waals surface area contributed by atoms with Gasteiger partial charge in [0.25, 0.3) is 5.56 Å². The normalized spacial score (nSPS) is 11.0. The zero-order valence-electron chi connectivity index (χ0n) is 11.5. The molecule has 2 heterocycles. The van der Waals surface area contributed by atoms with Crippen LogP contribution >= 0.6 is 0 Å². The summed E-state index contributed by atoms with van der Waals surface area (Å²) in [4.78, 5) is 47.5. The summed E-state index contributed by atoms with van der Waals surface area (Å²) in [6.07, 6.45) is 0. The highest BCUT2D eigenvalue weighted by Gasteiger charge is 2.20. The number of hydrogen-bond donors (Lipinski definition) is 0. The van der Waals surface area contributed by atoms with Gasteiger partial charge in [0.2, 0.25) is 0 Å². The second kappa shape index (κ2) is 4.51. The summed E-state index contributed by atoms with van der Waals surface area (Å²) in [7, 11) is 5.35. The van der Waals surface area contributed by atoms with Gasteiger partial charge in [-0.15, -0.1) is 0 Å². The molecule has 2 aromatic rings. The van der Waals surface area contributed by atoms with E-state index in [4.69, 9.17) is 0 Å². The molecule has 9 nitrogen and oxygen atoms in total. The van der Waals surface area contributed by atoms with Crippen molar-refractivity contribution in [2.24, 2.45) is 21.1 Å². The average Bonchev–Trinajstić information content (AvgIpc) is 2.67. The van der Waals surface area contributed by atoms with Crippen LogP contribution < -0.4 is 16.9 Å². The molecule has 0 bridgehead atoms. The summed E-state index contributed by atoms with van der Waals surface area (Å²) >= 11 is 0. The number of carbonyl (C=O) groups is 1. The molecule has 0 aliphatic rings. The van der Waals surface area contributed by atoms with E-state index < -0.39 is 22.9 Å². The quantitative estimate of drug-likeness (QED) is 0.588. The molecule has 2 rings (SSSR count). The zero-order chi connectivity index (χ0) is 15.2. The van der Waals surface area contributed by atoms with Gasteiger partial charge < -0.3 is 4.74 Å². The molecule has 0 fully saturated rings. The Morgan fingerprint density at radius 2 is 1.60 bits per heavy atom. The van der Waals surface area contributed by atoms with E-state index in [0.717, 1.165) is 18.3 Å². The number of carbonyl (C=O) groups excluding carboxylic acids is 1. The molecule has 0 unspecified atom stereocenters. The minimum Gasteiger partial charge on any atom is -0.468 e. The fourth-order valence-corrected chi connectivity index (χ4v) is 2.12. The molecule has 0 atom stereocenters. The third-order valence-electron chi connectivity index (χ3n) is 3.23. The summed E-state index contributed by atoms with van der Waals surface area (Å²) in [5.41, 5.74) is -1.58. The van der Waals surface area contributed by atoms with E-state index in [2.05, 4.69) is 4.74 Å². The zero-order valence-corrected chi connectivity index (χ0v) is 11.5. The van der Waals surface area contributed by atoms with Gasteiger partial charge >= 0.3 is 17.3 Å². The Hall–Kier alpha value is -2.58. The number of aryl methyl sites for hydroxylation is 2. The van der Waals surface area contributed by atoms with Gasteiger partial charge in [-0.1, -0.05) is 0 Å². The lowest BCUT2D eigenvalue weighted by atomic mass is 10.5. The first-order valence-electron chi connectivity index (χ1n) is 5.73. The van der Waals surface area contributed by atoms with E-state index in [9.17, 15) is 19.2 Å². The Morgan fingerprint density at radius 3 is 2.15 bits per heavy atom. The number of nitrogens with zero attached hydrogens (tertiary/aromatic N) is 4. The van der Waals surface area contributed by atoms with Gasteiger partial charge in [-0.05, 0) is 0 Å². The number of esters is 1. The fourth-order valence-electron chi connectivity index (χ4n) is 2.12. The average molecular weight is 282 g/mol. The van der Waals surface area contributed by atoms with Gasteiger partial charge in [0.05, 0.1) is 7.11 Å². The molecule has 2 aromatic heterocycles. The minimum atomic E-state index is -0.646. The van der Waals surface area contributed by atoms with E-state index >= 15 is 0 Å². The molecule has 20 heavy (non-hydrogen) atoms. The molecule has 108 valence electrons. The number of hydrogen-bond acceptors (Lipinski definition) is 5. The standard InChI is InChI=1S/C11H14N4O5/c1-12-7-8(13(2)10(18)14(3)9(7)17)15(11(12)19)5-6(16)20-4/h5H2,1-4H3. The highest BCUT2D eigenvalue weighted by molar-refractivity contribution is 5.75. The maximum absolute atomic E-state index is 12.1. The molecule has 0 radical (unpaired) electrons. The van der Waals surface area contributed by atoms with Gasteiger partial charge in [-0.25, -0.2) is 9.59 Å². The van der Waals surface area contributed by atoms with Crippen LogP contribution in [0.2, 0.25) is 0 Å². The number of rotatable bonds is 2. The van der Waals surface area contributed by atoms with Gasteiger partial charge in [0.15, 0.2) is 11.2 Å². The summed E-state index contributed by atoms with van der Waals surface area (Å²) < 4.78 is 8.73. The first-order valence-corrected chi connectivity index (χ1v) is 5.73. The van der Waals surface area contributed by atoms with Crippen molar-refractivity contribution >= 4 is 17.1 Å². The third-order valence-corrected chi connectivity index (χ3v) is 3.23. The third kappa shape index (κ3) is 1.70. The van der Waals surface area contributed by atoms with Crippen LogP contribution in [0, 0.1) is 0 Å².